The molecule has 0 saturated carbocycles. The Kier molecular flexibility index (Phi) is 7.70. The normalized spacial score (nSPS) is 19.2. The van der Waals surface area contributed by atoms with Crippen molar-refractivity contribution in [1.82, 2.24) is 4.98 Å². The number of rotatable bonds is 7. The summed E-state index contributed by atoms with van der Waals surface area (Å²) in [6, 6.07) is 15.8. The summed E-state index contributed by atoms with van der Waals surface area (Å²) < 4.78 is 45.5. The highest BCUT2D eigenvalue weighted by molar-refractivity contribution is 8.00. The molecule has 16 heteroatoms. The second-order valence-corrected chi connectivity index (χ2v) is 12.2. The SMILES string of the molecule is O=C(COc1cccc([C@@H]2c3sc(=O)[nH]c3S[C@H]3C(=O)N(c4ccc([N+](=O)[O-])cc4)C(=O)[C@@H]23)c1)Nc1ccccc1C(F)(F)F. The van der Waals surface area contributed by atoms with Crippen LogP contribution >= 0.6 is 23.1 Å². The molecule has 1 saturated heterocycles. The number of nitrogens with zero attached hydrogens (tertiary/aromatic N) is 2. The maximum Gasteiger partial charge on any atom is 0.418 e. The van der Waals surface area contributed by atoms with Gasteiger partial charge in [-0.15, -0.1) is 0 Å². The number of thiazole rings is 1. The van der Waals surface area contributed by atoms with E-state index in [0.29, 0.717) is 15.5 Å². The number of thioether (sulfide) groups is 1. The number of halogens is 3. The number of alkyl halides is 3. The number of anilines is 2. The van der Waals surface area contributed by atoms with E-state index in [-0.39, 0.29) is 22.0 Å². The van der Waals surface area contributed by atoms with Gasteiger partial charge in [-0.05, 0) is 42.0 Å². The van der Waals surface area contributed by atoms with Crippen LogP contribution in [0.2, 0.25) is 0 Å². The van der Waals surface area contributed by atoms with Gasteiger partial charge in [0, 0.05) is 22.9 Å². The first-order chi connectivity index (χ1) is 21.4. The van der Waals surface area contributed by atoms with Crippen LogP contribution in [0, 0.1) is 16.0 Å². The lowest BCUT2D eigenvalue weighted by Gasteiger charge is -2.30. The molecule has 3 heterocycles. The van der Waals surface area contributed by atoms with Crippen molar-refractivity contribution in [2.45, 2.75) is 22.4 Å². The van der Waals surface area contributed by atoms with Gasteiger partial charge in [0.05, 0.1) is 32.8 Å². The lowest BCUT2D eigenvalue weighted by Crippen LogP contribution is -2.32. The number of nitrogens with one attached hydrogen (secondary N) is 2. The maximum absolute atomic E-state index is 13.9. The number of imide groups is 1. The number of amides is 3. The van der Waals surface area contributed by atoms with Crippen molar-refractivity contribution >= 4 is 57.9 Å². The molecule has 1 aromatic heterocycles. The van der Waals surface area contributed by atoms with Crippen LogP contribution in [0.4, 0.5) is 30.2 Å². The van der Waals surface area contributed by atoms with Gasteiger partial charge in [0.25, 0.3) is 11.6 Å². The largest absolute Gasteiger partial charge is 0.484 e. The average molecular weight is 657 g/mol. The van der Waals surface area contributed by atoms with Crippen molar-refractivity contribution in [3.05, 3.63) is 109 Å². The Labute approximate surface area is 259 Å². The molecule has 0 unspecified atom stereocenters. The number of aromatic nitrogens is 1. The minimum absolute atomic E-state index is 0.162. The van der Waals surface area contributed by atoms with E-state index < -0.39 is 63.8 Å². The molecular weight excluding hydrogens is 637 g/mol. The molecule has 1 fully saturated rings. The van der Waals surface area contributed by atoms with Crippen molar-refractivity contribution in [2.24, 2.45) is 5.92 Å². The highest BCUT2D eigenvalue weighted by atomic mass is 32.2. The number of para-hydroxylation sites is 1. The molecule has 2 aliphatic heterocycles. The monoisotopic (exact) mass is 656 g/mol. The lowest BCUT2D eigenvalue weighted by molar-refractivity contribution is -0.384. The summed E-state index contributed by atoms with van der Waals surface area (Å²) in [4.78, 5) is 66.6. The lowest BCUT2D eigenvalue weighted by atomic mass is 9.83. The highest BCUT2D eigenvalue weighted by Crippen LogP contribution is 2.53. The molecule has 3 aromatic carbocycles. The van der Waals surface area contributed by atoms with Gasteiger partial charge in [0.2, 0.25) is 11.8 Å². The predicted octanol–water partition coefficient (Wildman–Crippen LogP) is 5.18. The number of H-pyrrole nitrogens is 1. The standard InChI is InChI=1S/C29H19F3N4O7S2/c30-29(31,32)18-6-1-2-7-19(18)33-20(37)13-43-17-5-3-4-14(12-17)21-22-24(44-25-23(21)45-28(40)34-25)27(39)35(26(22)38)15-8-10-16(11-9-15)36(41)42/h1-12,21-22,24H,13H2,(H,33,37)(H,34,40)/t21-,22-,24+/m0/s1. The Morgan fingerprint density at radius 1 is 1.02 bits per heavy atom. The number of aromatic amines is 1. The molecule has 0 bridgehead atoms. The van der Waals surface area contributed by atoms with Gasteiger partial charge >= 0.3 is 11.0 Å². The van der Waals surface area contributed by atoms with E-state index in [1.165, 1.54) is 48.5 Å². The van der Waals surface area contributed by atoms with Crippen LogP contribution < -0.4 is 19.8 Å². The molecule has 2 N–H and O–H groups in total. The van der Waals surface area contributed by atoms with Crippen LogP contribution in [0.25, 0.3) is 0 Å². The molecule has 3 atom stereocenters. The van der Waals surface area contributed by atoms with Gasteiger partial charge in [-0.1, -0.05) is 47.4 Å². The smallest absolute Gasteiger partial charge is 0.418 e. The minimum Gasteiger partial charge on any atom is -0.484 e. The van der Waals surface area contributed by atoms with E-state index in [2.05, 4.69) is 10.3 Å². The number of nitro benzene ring substituents is 1. The second kappa shape index (κ2) is 11.5. The predicted molar refractivity (Wildman–Crippen MR) is 158 cm³/mol. The Balaban J connectivity index is 1.27. The molecule has 6 rings (SSSR count). The number of carbonyl (C=O) groups is 3. The summed E-state index contributed by atoms with van der Waals surface area (Å²) in [6.07, 6.45) is -4.68. The second-order valence-electron chi connectivity index (χ2n) is 9.99. The molecule has 0 spiro atoms. The number of fused-ring (bicyclic) bond motifs is 2. The number of carbonyl (C=O) groups excluding carboxylic acids is 3. The third kappa shape index (κ3) is 5.69. The molecule has 2 aliphatic rings. The number of hydrogen-bond donors (Lipinski definition) is 2. The molecular formula is C29H19F3N4O7S2. The van der Waals surface area contributed by atoms with Crippen LogP contribution in [-0.4, -0.2) is 39.5 Å². The Hall–Kier alpha value is -4.96. The Morgan fingerprint density at radius 3 is 2.47 bits per heavy atom. The van der Waals surface area contributed by atoms with E-state index in [1.807, 2.05) is 0 Å². The fourth-order valence-electron chi connectivity index (χ4n) is 5.33. The van der Waals surface area contributed by atoms with Crippen LogP contribution in [0.5, 0.6) is 5.75 Å². The van der Waals surface area contributed by atoms with Crippen molar-refractivity contribution in [2.75, 3.05) is 16.8 Å². The Morgan fingerprint density at radius 2 is 1.76 bits per heavy atom. The fraction of sp³-hybridized carbons (Fsp3) is 0.172. The molecule has 0 radical (unpaired) electrons. The van der Waals surface area contributed by atoms with Crippen molar-refractivity contribution in [1.29, 1.82) is 0 Å². The summed E-state index contributed by atoms with van der Waals surface area (Å²) in [5.41, 5.74) is -0.984. The topological polar surface area (TPSA) is 152 Å². The van der Waals surface area contributed by atoms with E-state index in [0.717, 1.165) is 40.1 Å². The Bertz CT molecular complexity index is 1910. The van der Waals surface area contributed by atoms with Gasteiger partial charge in [-0.25, -0.2) is 4.90 Å². The third-order valence-corrected chi connectivity index (χ3v) is 9.64. The summed E-state index contributed by atoms with van der Waals surface area (Å²) in [7, 11) is 0. The van der Waals surface area contributed by atoms with E-state index in [9.17, 15) is 42.5 Å². The molecule has 3 amide bonds. The zero-order valence-electron chi connectivity index (χ0n) is 22.6. The van der Waals surface area contributed by atoms with Gasteiger partial charge < -0.3 is 15.0 Å². The van der Waals surface area contributed by atoms with Crippen molar-refractivity contribution < 1.29 is 37.2 Å². The fourth-order valence-corrected chi connectivity index (χ4v) is 7.84. The first kappa shape index (κ1) is 30.1. The van der Waals surface area contributed by atoms with Gasteiger partial charge in [-0.2, -0.15) is 13.2 Å². The van der Waals surface area contributed by atoms with E-state index in [1.54, 1.807) is 12.1 Å². The van der Waals surface area contributed by atoms with Crippen LogP contribution in [0.3, 0.4) is 0 Å². The molecule has 230 valence electrons. The zero-order valence-corrected chi connectivity index (χ0v) is 24.2. The number of non-ortho nitro benzene ring substituents is 1. The highest BCUT2D eigenvalue weighted by Gasteiger charge is 2.56. The summed E-state index contributed by atoms with van der Waals surface area (Å²) >= 11 is 1.95. The number of hydrogen-bond acceptors (Lipinski definition) is 9. The zero-order chi connectivity index (χ0) is 32.0. The first-order valence-corrected chi connectivity index (χ1v) is 14.8. The van der Waals surface area contributed by atoms with Crippen LogP contribution in [-0.2, 0) is 20.6 Å². The van der Waals surface area contributed by atoms with Gasteiger partial charge in [0.15, 0.2) is 6.61 Å². The average Bonchev–Trinajstić information content (AvgIpc) is 3.49. The molecule has 0 aliphatic carbocycles. The van der Waals surface area contributed by atoms with E-state index >= 15 is 0 Å². The minimum atomic E-state index is -4.68. The van der Waals surface area contributed by atoms with Gasteiger partial charge in [-0.3, -0.25) is 29.3 Å². The summed E-state index contributed by atoms with van der Waals surface area (Å²) in [5, 5.41) is 12.8. The van der Waals surface area contributed by atoms with Crippen molar-refractivity contribution in [3.63, 3.8) is 0 Å². The number of benzene rings is 3. The first-order valence-electron chi connectivity index (χ1n) is 13.1. The maximum atomic E-state index is 13.9. The summed E-state index contributed by atoms with van der Waals surface area (Å²) in [5.74, 6) is -3.51. The molecule has 45 heavy (non-hydrogen) atoms. The third-order valence-electron chi connectivity index (χ3n) is 7.24. The molecule has 4 aromatic rings. The number of nitro groups is 1. The molecule has 11 nitrogen and oxygen atoms in total. The van der Waals surface area contributed by atoms with Crippen LogP contribution in [0.15, 0.2) is 82.6 Å². The van der Waals surface area contributed by atoms with E-state index in [4.69, 9.17) is 4.74 Å². The van der Waals surface area contributed by atoms with Crippen molar-refractivity contribution in [3.8, 4) is 5.75 Å². The van der Waals surface area contributed by atoms with Crippen LogP contribution in [0.1, 0.15) is 21.9 Å². The number of ether oxygens (including phenoxy) is 1. The quantitative estimate of drug-likeness (QED) is 0.157. The van der Waals surface area contributed by atoms with Gasteiger partial charge in [0.1, 0.15) is 11.0 Å². The summed E-state index contributed by atoms with van der Waals surface area (Å²) in [6.45, 7) is -0.629.